The van der Waals surface area contributed by atoms with Crippen molar-refractivity contribution >= 4 is 43.4 Å². The summed E-state index contributed by atoms with van der Waals surface area (Å²) in [5, 5.41) is 30.6. The summed E-state index contributed by atoms with van der Waals surface area (Å²) in [5.74, 6) is 0.224. The van der Waals surface area contributed by atoms with Gasteiger partial charge in [0.1, 0.15) is 16.5 Å². The zero-order chi connectivity index (χ0) is 19.6. The molecule has 2 rings (SSSR count). The molecular formula is C15H20BrN5O4S. The molecule has 6 N–H and O–H groups in total. The first-order chi connectivity index (χ1) is 12.0. The topological polar surface area (TPSA) is 150 Å². The molecule has 0 unspecified atom stereocenters. The third kappa shape index (κ3) is 4.81. The second kappa shape index (κ2) is 7.74. The minimum atomic E-state index is -4.04. The standard InChI is InChI=1S/C15H20BrN5O4S/c1-7-4-10(5-12(23)13(7)26(17,24)25)20-15-18-6-11(16)14(21-15)19-8(2)9(3)22/h4-6,8-9,22-23H,1-3H3,(H2,17,24,25)(H2,18,19,20,21)/t8-,9-/m1/s1. The van der Waals surface area contributed by atoms with E-state index in [-0.39, 0.29) is 22.4 Å². The third-order valence-corrected chi connectivity index (χ3v) is 5.31. The zero-order valence-electron chi connectivity index (χ0n) is 14.4. The highest BCUT2D eigenvalue weighted by Gasteiger charge is 2.18. The van der Waals surface area contributed by atoms with Gasteiger partial charge in [-0.15, -0.1) is 0 Å². The molecule has 1 aromatic heterocycles. The van der Waals surface area contributed by atoms with Crippen LogP contribution in [0.2, 0.25) is 0 Å². The number of sulfonamides is 1. The van der Waals surface area contributed by atoms with Crippen LogP contribution in [0.15, 0.2) is 27.7 Å². The van der Waals surface area contributed by atoms with E-state index in [9.17, 15) is 18.6 Å². The number of aromatic nitrogens is 2. The first kappa shape index (κ1) is 20.4. The summed E-state index contributed by atoms with van der Waals surface area (Å²) < 4.78 is 23.7. The van der Waals surface area contributed by atoms with Gasteiger partial charge >= 0.3 is 0 Å². The van der Waals surface area contributed by atoms with Crippen molar-refractivity contribution in [3.05, 3.63) is 28.4 Å². The fraction of sp³-hybridized carbons (Fsp3) is 0.333. The molecule has 142 valence electrons. The molecule has 26 heavy (non-hydrogen) atoms. The van der Waals surface area contributed by atoms with Gasteiger partial charge in [-0.25, -0.2) is 18.5 Å². The number of aromatic hydroxyl groups is 1. The second-order valence-electron chi connectivity index (χ2n) is 5.88. The van der Waals surface area contributed by atoms with Gasteiger partial charge in [0.05, 0.1) is 16.6 Å². The van der Waals surface area contributed by atoms with E-state index in [2.05, 4.69) is 36.5 Å². The van der Waals surface area contributed by atoms with Crippen LogP contribution in [0.3, 0.4) is 0 Å². The van der Waals surface area contributed by atoms with E-state index in [4.69, 9.17) is 5.14 Å². The third-order valence-electron chi connectivity index (χ3n) is 3.63. The van der Waals surface area contributed by atoms with Crippen LogP contribution in [0.5, 0.6) is 5.75 Å². The number of nitrogens with one attached hydrogen (secondary N) is 2. The minimum Gasteiger partial charge on any atom is -0.506 e. The lowest BCUT2D eigenvalue weighted by Gasteiger charge is -2.18. The molecule has 0 aliphatic carbocycles. The minimum absolute atomic E-state index is 0.218. The van der Waals surface area contributed by atoms with Crippen LogP contribution < -0.4 is 15.8 Å². The van der Waals surface area contributed by atoms with Crippen molar-refractivity contribution in [1.82, 2.24) is 9.97 Å². The number of aliphatic hydroxyl groups excluding tert-OH is 1. The van der Waals surface area contributed by atoms with Gasteiger partial charge in [0.25, 0.3) is 0 Å². The van der Waals surface area contributed by atoms with Crippen molar-refractivity contribution in [1.29, 1.82) is 0 Å². The largest absolute Gasteiger partial charge is 0.506 e. The average Bonchev–Trinajstić information content (AvgIpc) is 2.48. The lowest BCUT2D eigenvalue weighted by molar-refractivity contribution is 0.177. The quantitative estimate of drug-likeness (QED) is 0.451. The smallest absolute Gasteiger partial charge is 0.241 e. The van der Waals surface area contributed by atoms with Gasteiger partial charge in [0.15, 0.2) is 0 Å². The van der Waals surface area contributed by atoms with Crippen LogP contribution >= 0.6 is 15.9 Å². The number of hydrogen-bond donors (Lipinski definition) is 5. The average molecular weight is 446 g/mol. The maximum Gasteiger partial charge on any atom is 0.241 e. The number of aryl methyl sites for hydroxylation is 1. The molecule has 1 aromatic carbocycles. The molecular weight excluding hydrogens is 426 g/mol. The first-order valence-corrected chi connectivity index (χ1v) is 9.93. The summed E-state index contributed by atoms with van der Waals surface area (Å²) in [6.07, 6.45) is 0.941. The molecule has 1 heterocycles. The molecule has 0 amide bonds. The van der Waals surface area contributed by atoms with E-state index in [0.717, 1.165) is 0 Å². The number of benzene rings is 1. The maximum absolute atomic E-state index is 11.5. The van der Waals surface area contributed by atoms with E-state index in [0.29, 0.717) is 16.0 Å². The molecule has 0 spiro atoms. The Balaban J connectivity index is 2.32. The second-order valence-corrected chi connectivity index (χ2v) is 8.23. The summed E-state index contributed by atoms with van der Waals surface area (Å²) in [5.41, 5.74) is 0.678. The maximum atomic E-state index is 11.5. The SMILES string of the molecule is Cc1cc(Nc2ncc(Br)c(N[C@H](C)[C@@H](C)O)n2)cc(O)c1S(N)(=O)=O. The number of phenols is 1. The van der Waals surface area contributed by atoms with Gasteiger partial charge in [0.2, 0.25) is 16.0 Å². The fourth-order valence-corrected chi connectivity index (χ4v) is 3.36. The predicted molar refractivity (Wildman–Crippen MR) is 102 cm³/mol. The Morgan fingerprint density at radius 3 is 2.50 bits per heavy atom. The van der Waals surface area contributed by atoms with Crippen molar-refractivity contribution in [3.63, 3.8) is 0 Å². The van der Waals surface area contributed by atoms with Crippen molar-refractivity contribution in [3.8, 4) is 5.75 Å². The molecule has 0 bridgehead atoms. The molecule has 9 nitrogen and oxygen atoms in total. The van der Waals surface area contributed by atoms with Gasteiger partial charge in [0, 0.05) is 18.0 Å². The molecule has 0 fully saturated rings. The van der Waals surface area contributed by atoms with Crippen molar-refractivity contribution in [2.75, 3.05) is 10.6 Å². The van der Waals surface area contributed by atoms with Crippen LogP contribution in [0.4, 0.5) is 17.5 Å². The highest BCUT2D eigenvalue weighted by Crippen LogP contribution is 2.31. The molecule has 0 aliphatic heterocycles. The number of hydrogen-bond acceptors (Lipinski definition) is 8. The Hall–Kier alpha value is -1.95. The molecule has 0 aliphatic rings. The first-order valence-electron chi connectivity index (χ1n) is 7.59. The van der Waals surface area contributed by atoms with E-state index in [1.807, 2.05) is 0 Å². The van der Waals surface area contributed by atoms with E-state index < -0.39 is 21.9 Å². The highest BCUT2D eigenvalue weighted by atomic mass is 79.9. The van der Waals surface area contributed by atoms with Gasteiger partial charge < -0.3 is 20.8 Å². The number of anilines is 3. The predicted octanol–water partition coefficient (Wildman–Crippen LogP) is 1.83. The van der Waals surface area contributed by atoms with E-state index in [1.165, 1.54) is 25.3 Å². The van der Waals surface area contributed by atoms with Gasteiger partial charge in [-0.05, 0) is 48.3 Å². The Morgan fingerprint density at radius 1 is 1.31 bits per heavy atom. The number of rotatable bonds is 6. The summed E-state index contributed by atoms with van der Waals surface area (Å²) in [6.45, 7) is 4.98. The van der Waals surface area contributed by atoms with Crippen molar-refractivity contribution < 1.29 is 18.6 Å². The molecule has 0 saturated heterocycles. The number of nitrogens with zero attached hydrogens (tertiary/aromatic N) is 2. The zero-order valence-corrected chi connectivity index (χ0v) is 16.8. The Bertz CT molecular complexity index is 897. The number of nitrogens with two attached hydrogens (primary N) is 1. The van der Waals surface area contributed by atoms with E-state index in [1.54, 1.807) is 13.8 Å². The number of halogens is 1. The Kier molecular flexibility index (Phi) is 6.06. The van der Waals surface area contributed by atoms with Gasteiger partial charge in [-0.3, -0.25) is 0 Å². The summed E-state index contributed by atoms with van der Waals surface area (Å²) >= 11 is 3.33. The van der Waals surface area contributed by atoms with Gasteiger partial charge in [-0.2, -0.15) is 4.98 Å². The fourth-order valence-electron chi connectivity index (χ4n) is 2.19. The Morgan fingerprint density at radius 2 is 1.96 bits per heavy atom. The molecule has 11 heteroatoms. The van der Waals surface area contributed by atoms with Gasteiger partial charge in [-0.1, -0.05) is 0 Å². The van der Waals surface area contributed by atoms with Crippen LogP contribution in [0, 0.1) is 6.92 Å². The summed E-state index contributed by atoms with van der Waals surface area (Å²) in [6, 6.07) is 2.49. The normalized spacial score (nSPS) is 13.9. The number of primary sulfonamides is 1. The van der Waals surface area contributed by atoms with Crippen molar-refractivity contribution in [2.24, 2.45) is 5.14 Å². The summed E-state index contributed by atoms with van der Waals surface area (Å²) in [4.78, 5) is 8.10. The van der Waals surface area contributed by atoms with Crippen LogP contribution in [-0.4, -0.2) is 40.7 Å². The highest BCUT2D eigenvalue weighted by molar-refractivity contribution is 9.10. The van der Waals surface area contributed by atoms with E-state index >= 15 is 0 Å². The number of aliphatic hydroxyl groups is 1. The molecule has 2 atom stereocenters. The lowest BCUT2D eigenvalue weighted by Crippen LogP contribution is -2.28. The Labute approximate surface area is 159 Å². The van der Waals surface area contributed by atoms with Crippen molar-refractivity contribution in [2.45, 2.75) is 37.8 Å². The number of phenolic OH excluding ortho intramolecular Hbond substituents is 1. The molecule has 2 aromatic rings. The molecule has 0 radical (unpaired) electrons. The monoisotopic (exact) mass is 445 g/mol. The van der Waals surface area contributed by atoms with Crippen LogP contribution in [0.25, 0.3) is 0 Å². The molecule has 0 saturated carbocycles. The summed E-state index contributed by atoms with van der Waals surface area (Å²) in [7, 11) is -4.04. The lowest BCUT2D eigenvalue weighted by atomic mass is 10.2. The van der Waals surface area contributed by atoms with Crippen LogP contribution in [0.1, 0.15) is 19.4 Å². The van der Waals surface area contributed by atoms with Crippen LogP contribution in [-0.2, 0) is 10.0 Å².